The highest BCUT2D eigenvalue weighted by atomic mass is 19.1. The van der Waals surface area contributed by atoms with Crippen molar-refractivity contribution in [2.75, 3.05) is 6.61 Å². The largest absolute Gasteiger partial charge is 0.507 e. The number of halogens is 1. The second-order valence-corrected chi connectivity index (χ2v) is 4.83. The van der Waals surface area contributed by atoms with E-state index in [0.29, 0.717) is 24.5 Å². The van der Waals surface area contributed by atoms with Crippen molar-refractivity contribution >= 4 is 0 Å². The molecule has 2 nitrogen and oxygen atoms in total. The van der Waals surface area contributed by atoms with Crippen molar-refractivity contribution in [1.29, 1.82) is 0 Å². The van der Waals surface area contributed by atoms with E-state index in [1.807, 2.05) is 0 Å². The summed E-state index contributed by atoms with van der Waals surface area (Å²) in [5, 5.41) is 10.1. The van der Waals surface area contributed by atoms with Crippen molar-refractivity contribution in [2.24, 2.45) is 5.92 Å². The molecule has 1 unspecified atom stereocenters. The van der Waals surface area contributed by atoms with Gasteiger partial charge >= 0.3 is 0 Å². The number of ether oxygens (including phenoxy) is 1. The van der Waals surface area contributed by atoms with Crippen LogP contribution in [0, 0.1) is 11.7 Å². The summed E-state index contributed by atoms with van der Waals surface area (Å²) in [6, 6.07) is 1.45. The number of rotatable bonds is 2. The zero-order valence-electron chi connectivity index (χ0n) is 9.29. The average Bonchev–Trinajstić information content (AvgIpc) is 2.99. The molecule has 1 aliphatic carbocycles. The molecule has 0 saturated heterocycles. The predicted octanol–water partition coefficient (Wildman–Crippen LogP) is 2.98. The first kappa shape index (κ1) is 9.94. The van der Waals surface area contributed by atoms with Crippen LogP contribution in [-0.2, 0) is 6.42 Å². The van der Waals surface area contributed by atoms with Crippen molar-refractivity contribution in [3.8, 4) is 11.5 Å². The summed E-state index contributed by atoms with van der Waals surface area (Å²) in [5.74, 6) is 1.05. The molecule has 1 aromatic carbocycles. The number of phenols is 1. The zero-order valence-corrected chi connectivity index (χ0v) is 9.29. The lowest BCUT2D eigenvalue weighted by atomic mass is 9.92. The first-order chi connectivity index (χ1) is 7.68. The van der Waals surface area contributed by atoms with Crippen molar-refractivity contribution < 1.29 is 14.2 Å². The lowest BCUT2D eigenvalue weighted by Gasteiger charge is -2.15. The van der Waals surface area contributed by atoms with Crippen LogP contribution in [0.3, 0.4) is 0 Å². The Morgan fingerprint density at radius 3 is 2.94 bits per heavy atom. The maximum Gasteiger partial charge on any atom is 0.165 e. The summed E-state index contributed by atoms with van der Waals surface area (Å²) in [6.07, 6.45) is 2.99. The number of phenolic OH excluding ortho intramolecular Hbond substituents is 1. The summed E-state index contributed by atoms with van der Waals surface area (Å²) in [5.41, 5.74) is 1.41. The normalized spacial score (nSPS) is 20.4. The van der Waals surface area contributed by atoms with Crippen LogP contribution in [0.2, 0.25) is 0 Å². The Labute approximate surface area is 94.0 Å². The highest BCUT2D eigenvalue weighted by molar-refractivity contribution is 5.53. The molecular weight excluding hydrogens is 207 g/mol. The van der Waals surface area contributed by atoms with Crippen LogP contribution in [0.15, 0.2) is 6.07 Å². The third-order valence-corrected chi connectivity index (χ3v) is 3.75. The van der Waals surface area contributed by atoms with Gasteiger partial charge in [0.15, 0.2) is 11.6 Å². The van der Waals surface area contributed by atoms with Crippen molar-refractivity contribution in [3.63, 3.8) is 0 Å². The molecule has 1 fully saturated rings. The maximum absolute atomic E-state index is 13.7. The molecular formula is C13H15FO2. The fraction of sp³-hybridized carbons (Fsp3) is 0.538. The number of aromatic hydroxyl groups is 1. The minimum atomic E-state index is -0.326. The van der Waals surface area contributed by atoms with Gasteiger partial charge in [0, 0.05) is 17.5 Å². The van der Waals surface area contributed by atoms with Crippen LogP contribution in [0.4, 0.5) is 4.39 Å². The van der Waals surface area contributed by atoms with Gasteiger partial charge < -0.3 is 9.84 Å². The van der Waals surface area contributed by atoms with Crippen LogP contribution in [0.25, 0.3) is 0 Å². The molecule has 0 spiro atoms. The molecule has 1 heterocycles. The fourth-order valence-corrected chi connectivity index (χ4v) is 2.54. The van der Waals surface area contributed by atoms with Crippen LogP contribution in [-0.4, -0.2) is 11.7 Å². The lowest BCUT2D eigenvalue weighted by molar-refractivity contribution is 0.338. The van der Waals surface area contributed by atoms with E-state index in [4.69, 9.17) is 4.74 Å². The van der Waals surface area contributed by atoms with Gasteiger partial charge in [-0.25, -0.2) is 4.39 Å². The summed E-state index contributed by atoms with van der Waals surface area (Å²) in [7, 11) is 0. The molecule has 3 rings (SSSR count). The molecule has 2 aliphatic rings. The standard InChI is InChI=1S/C13H15FO2/c1-7(8-2-3-8)10-6-11(14)13-9(12(10)15)4-5-16-13/h6-8,15H,2-5H2,1H3. The molecule has 0 bridgehead atoms. The quantitative estimate of drug-likeness (QED) is 0.833. The molecule has 0 amide bonds. The number of benzene rings is 1. The van der Waals surface area contributed by atoms with Crippen LogP contribution in [0.5, 0.6) is 11.5 Å². The minimum absolute atomic E-state index is 0.250. The lowest BCUT2D eigenvalue weighted by Crippen LogP contribution is -1.99. The van der Waals surface area contributed by atoms with Gasteiger partial charge in [-0.1, -0.05) is 6.92 Å². The van der Waals surface area contributed by atoms with Crippen molar-refractivity contribution in [1.82, 2.24) is 0 Å². The summed E-state index contributed by atoms with van der Waals surface area (Å²) in [6.45, 7) is 2.54. The summed E-state index contributed by atoms with van der Waals surface area (Å²) < 4.78 is 18.9. The van der Waals surface area contributed by atoms with E-state index >= 15 is 0 Å². The Bertz CT molecular complexity index is 438. The number of hydrogen-bond acceptors (Lipinski definition) is 2. The van der Waals surface area contributed by atoms with Crippen LogP contribution < -0.4 is 4.74 Å². The van der Waals surface area contributed by atoms with E-state index in [9.17, 15) is 9.50 Å². The Balaban J connectivity index is 2.08. The van der Waals surface area contributed by atoms with E-state index in [-0.39, 0.29) is 23.2 Å². The SMILES string of the molecule is CC(c1cc(F)c2c(c1O)CCO2)C1CC1. The van der Waals surface area contributed by atoms with E-state index in [2.05, 4.69) is 6.92 Å². The molecule has 1 N–H and O–H groups in total. The van der Waals surface area contributed by atoms with Gasteiger partial charge in [0.05, 0.1) is 6.61 Å². The van der Waals surface area contributed by atoms with Gasteiger partial charge in [-0.15, -0.1) is 0 Å². The van der Waals surface area contributed by atoms with Gasteiger partial charge in [0.1, 0.15) is 5.75 Å². The van der Waals surface area contributed by atoms with Crippen molar-refractivity contribution in [3.05, 3.63) is 23.0 Å². The molecule has 86 valence electrons. The van der Waals surface area contributed by atoms with Gasteiger partial charge in [0.25, 0.3) is 0 Å². The first-order valence-corrected chi connectivity index (χ1v) is 5.85. The Kier molecular flexibility index (Phi) is 2.09. The van der Waals surface area contributed by atoms with Crippen LogP contribution in [0.1, 0.15) is 36.8 Å². The van der Waals surface area contributed by atoms with Gasteiger partial charge in [0.2, 0.25) is 0 Å². The highest BCUT2D eigenvalue weighted by Crippen LogP contribution is 2.48. The maximum atomic E-state index is 13.7. The third kappa shape index (κ3) is 1.38. The van der Waals surface area contributed by atoms with Gasteiger partial charge in [-0.05, 0) is 30.7 Å². The van der Waals surface area contributed by atoms with E-state index < -0.39 is 0 Å². The molecule has 0 aromatic heterocycles. The van der Waals surface area contributed by atoms with E-state index in [0.717, 1.165) is 5.56 Å². The summed E-state index contributed by atoms with van der Waals surface area (Å²) >= 11 is 0. The van der Waals surface area contributed by atoms with Crippen molar-refractivity contribution in [2.45, 2.75) is 32.1 Å². The smallest absolute Gasteiger partial charge is 0.165 e. The fourth-order valence-electron chi connectivity index (χ4n) is 2.54. The monoisotopic (exact) mass is 222 g/mol. The molecule has 0 radical (unpaired) electrons. The van der Waals surface area contributed by atoms with E-state index in [1.54, 1.807) is 0 Å². The summed E-state index contributed by atoms with van der Waals surface area (Å²) in [4.78, 5) is 0. The van der Waals surface area contributed by atoms with Gasteiger partial charge in [-0.3, -0.25) is 0 Å². The van der Waals surface area contributed by atoms with Crippen LogP contribution >= 0.6 is 0 Å². The zero-order chi connectivity index (χ0) is 11.3. The second-order valence-electron chi connectivity index (χ2n) is 4.83. The molecule has 1 atom stereocenters. The molecule has 1 aromatic rings. The molecule has 1 saturated carbocycles. The Morgan fingerprint density at radius 1 is 1.50 bits per heavy atom. The van der Waals surface area contributed by atoms with Gasteiger partial charge in [-0.2, -0.15) is 0 Å². The first-order valence-electron chi connectivity index (χ1n) is 5.85. The second kappa shape index (κ2) is 3.37. The number of fused-ring (bicyclic) bond motifs is 1. The molecule has 16 heavy (non-hydrogen) atoms. The molecule has 3 heteroatoms. The Morgan fingerprint density at radius 2 is 2.25 bits per heavy atom. The number of hydrogen-bond donors (Lipinski definition) is 1. The average molecular weight is 222 g/mol. The molecule has 1 aliphatic heterocycles. The van der Waals surface area contributed by atoms with E-state index in [1.165, 1.54) is 18.9 Å². The predicted molar refractivity (Wildman–Crippen MR) is 58.4 cm³/mol. The minimum Gasteiger partial charge on any atom is -0.507 e. The topological polar surface area (TPSA) is 29.5 Å². The highest BCUT2D eigenvalue weighted by Gasteiger charge is 2.33. The Hall–Kier alpha value is -1.25. The third-order valence-electron chi connectivity index (χ3n) is 3.75.